The molecule has 0 aromatic carbocycles. The normalized spacial score (nSPS) is 23.5. The van der Waals surface area contributed by atoms with E-state index in [2.05, 4.69) is 5.43 Å². The van der Waals surface area contributed by atoms with Crippen LogP contribution in [-0.4, -0.2) is 18.3 Å². The van der Waals surface area contributed by atoms with E-state index in [1.807, 2.05) is 0 Å². The van der Waals surface area contributed by atoms with Crippen LogP contribution in [0.3, 0.4) is 0 Å². The second-order valence-electron chi connectivity index (χ2n) is 3.60. The van der Waals surface area contributed by atoms with Crippen LogP contribution >= 0.6 is 0 Å². The molecule has 0 radical (unpaired) electrons. The van der Waals surface area contributed by atoms with Crippen LogP contribution in [-0.2, 0) is 0 Å². The Morgan fingerprint density at radius 1 is 1.27 bits per heavy atom. The summed E-state index contributed by atoms with van der Waals surface area (Å²) in [5, 5.41) is 9.18. The summed E-state index contributed by atoms with van der Waals surface area (Å²) in [4.78, 5) is 0. The van der Waals surface area contributed by atoms with E-state index in [0.29, 0.717) is 0 Å². The molecular formula is C8H18N2O. The SMILES string of the molecule is NNCC1(CO)CCCCC1. The summed E-state index contributed by atoms with van der Waals surface area (Å²) in [7, 11) is 0. The quantitative estimate of drug-likeness (QED) is 0.411. The molecule has 0 aromatic rings. The van der Waals surface area contributed by atoms with Crippen molar-refractivity contribution in [1.29, 1.82) is 0 Å². The summed E-state index contributed by atoms with van der Waals surface area (Å²) in [6, 6.07) is 0. The largest absolute Gasteiger partial charge is 0.396 e. The highest BCUT2D eigenvalue weighted by Crippen LogP contribution is 2.34. The van der Waals surface area contributed by atoms with Gasteiger partial charge in [0.1, 0.15) is 0 Å². The third-order valence-electron chi connectivity index (χ3n) is 2.73. The molecule has 0 amide bonds. The number of nitrogens with one attached hydrogen (secondary N) is 1. The highest BCUT2D eigenvalue weighted by molar-refractivity contribution is 4.83. The minimum Gasteiger partial charge on any atom is -0.396 e. The summed E-state index contributed by atoms with van der Waals surface area (Å²) in [6.07, 6.45) is 6.03. The molecule has 0 atom stereocenters. The number of aliphatic hydroxyl groups is 1. The maximum absolute atomic E-state index is 9.18. The second-order valence-corrected chi connectivity index (χ2v) is 3.60. The zero-order valence-electron chi connectivity index (χ0n) is 6.97. The molecule has 3 heteroatoms. The minimum absolute atomic E-state index is 0.0903. The fourth-order valence-electron chi connectivity index (χ4n) is 1.91. The predicted octanol–water partition coefficient (Wildman–Crippen LogP) is 0.392. The van der Waals surface area contributed by atoms with Crippen molar-refractivity contribution < 1.29 is 5.11 Å². The molecule has 0 aliphatic heterocycles. The molecule has 0 spiro atoms. The second kappa shape index (κ2) is 4.04. The summed E-state index contributed by atoms with van der Waals surface area (Å²) in [6.45, 7) is 1.03. The van der Waals surface area contributed by atoms with E-state index in [1.165, 1.54) is 19.3 Å². The van der Waals surface area contributed by atoms with E-state index < -0.39 is 0 Å². The van der Waals surface area contributed by atoms with E-state index in [0.717, 1.165) is 19.4 Å². The van der Waals surface area contributed by atoms with Gasteiger partial charge in [0.05, 0.1) is 0 Å². The Bertz CT molecular complexity index is 105. The van der Waals surface area contributed by atoms with Gasteiger partial charge >= 0.3 is 0 Å². The molecule has 1 saturated carbocycles. The fourth-order valence-corrected chi connectivity index (χ4v) is 1.91. The van der Waals surface area contributed by atoms with Crippen LogP contribution in [0.5, 0.6) is 0 Å². The lowest BCUT2D eigenvalue weighted by atomic mass is 9.75. The maximum atomic E-state index is 9.18. The van der Waals surface area contributed by atoms with Gasteiger partial charge in [-0.25, -0.2) is 0 Å². The Kier molecular flexibility index (Phi) is 3.30. The summed E-state index contributed by atoms with van der Waals surface area (Å²) < 4.78 is 0. The zero-order valence-corrected chi connectivity index (χ0v) is 6.97. The van der Waals surface area contributed by atoms with Crippen LogP contribution in [0.15, 0.2) is 0 Å². The smallest absolute Gasteiger partial charge is 0.0500 e. The van der Waals surface area contributed by atoms with Crippen molar-refractivity contribution in [2.24, 2.45) is 11.3 Å². The number of hydrogen-bond donors (Lipinski definition) is 3. The predicted molar refractivity (Wildman–Crippen MR) is 44.8 cm³/mol. The molecule has 11 heavy (non-hydrogen) atoms. The molecule has 0 heterocycles. The Morgan fingerprint density at radius 3 is 2.36 bits per heavy atom. The first-order valence-electron chi connectivity index (χ1n) is 4.37. The van der Waals surface area contributed by atoms with Gasteiger partial charge in [-0.1, -0.05) is 19.3 Å². The van der Waals surface area contributed by atoms with Crippen LogP contribution in [0.1, 0.15) is 32.1 Å². The summed E-state index contributed by atoms with van der Waals surface area (Å²) in [5.74, 6) is 5.26. The lowest BCUT2D eigenvalue weighted by Gasteiger charge is -2.35. The zero-order chi connectivity index (χ0) is 8.16. The van der Waals surface area contributed by atoms with Crippen molar-refractivity contribution in [3.63, 3.8) is 0 Å². The first-order chi connectivity index (χ1) is 5.33. The lowest BCUT2D eigenvalue weighted by molar-refractivity contribution is 0.0816. The van der Waals surface area contributed by atoms with E-state index in [9.17, 15) is 5.11 Å². The van der Waals surface area contributed by atoms with E-state index in [-0.39, 0.29) is 12.0 Å². The number of hydrogen-bond acceptors (Lipinski definition) is 3. The van der Waals surface area contributed by atoms with Gasteiger partial charge in [-0.15, -0.1) is 0 Å². The molecule has 3 nitrogen and oxygen atoms in total. The summed E-state index contributed by atoms with van der Waals surface area (Å²) in [5.41, 5.74) is 2.76. The minimum atomic E-state index is 0.0903. The molecule has 4 N–H and O–H groups in total. The third-order valence-corrected chi connectivity index (χ3v) is 2.73. The average molecular weight is 158 g/mol. The van der Waals surface area contributed by atoms with Crippen molar-refractivity contribution in [2.75, 3.05) is 13.2 Å². The molecular weight excluding hydrogens is 140 g/mol. The standard InChI is InChI=1S/C8H18N2O/c9-10-6-8(7-11)4-2-1-3-5-8/h10-11H,1-7,9H2. The van der Waals surface area contributed by atoms with E-state index in [1.54, 1.807) is 0 Å². The first-order valence-corrected chi connectivity index (χ1v) is 4.37. The fraction of sp³-hybridized carbons (Fsp3) is 1.00. The highest BCUT2D eigenvalue weighted by Gasteiger charge is 2.30. The van der Waals surface area contributed by atoms with Gasteiger partial charge in [0.2, 0.25) is 0 Å². The monoisotopic (exact) mass is 158 g/mol. The summed E-state index contributed by atoms with van der Waals surface area (Å²) >= 11 is 0. The van der Waals surface area contributed by atoms with Crippen molar-refractivity contribution in [3.8, 4) is 0 Å². The van der Waals surface area contributed by atoms with Gasteiger partial charge < -0.3 is 5.11 Å². The Hall–Kier alpha value is -0.120. The number of aliphatic hydroxyl groups excluding tert-OH is 1. The van der Waals surface area contributed by atoms with Crippen LogP contribution in [0.25, 0.3) is 0 Å². The van der Waals surface area contributed by atoms with Crippen LogP contribution in [0.2, 0.25) is 0 Å². The van der Waals surface area contributed by atoms with Crippen molar-refractivity contribution >= 4 is 0 Å². The maximum Gasteiger partial charge on any atom is 0.0500 e. The molecule has 1 aliphatic rings. The first kappa shape index (κ1) is 8.97. The highest BCUT2D eigenvalue weighted by atomic mass is 16.3. The topological polar surface area (TPSA) is 58.3 Å². The average Bonchev–Trinajstić information content (AvgIpc) is 2.07. The van der Waals surface area contributed by atoms with Crippen LogP contribution in [0.4, 0.5) is 0 Å². The molecule has 0 unspecified atom stereocenters. The lowest BCUT2D eigenvalue weighted by Crippen LogP contribution is -2.41. The Morgan fingerprint density at radius 2 is 1.91 bits per heavy atom. The molecule has 1 rings (SSSR count). The number of nitrogens with two attached hydrogens (primary N) is 1. The van der Waals surface area contributed by atoms with Crippen LogP contribution < -0.4 is 11.3 Å². The van der Waals surface area contributed by atoms with Gasteiger partial charge in [0, 0.05) is 18.6 Å². The van der Waals surface area contributed by atoms with Gasteiger partial charge in [0.15, 0.2) is 0 Å². The van der Waals surface area contributed by atoms with Crippen molar-refractivity contribution in [2.45, 2.75) is 32.1 Å². The number of hydrazine groups is 1. The molecule has 1 fully saturated rings. The molecule has 0 saturated heterocycles. The van der Waals surface area contributed by atoms with Gasteiger partial charge in [-0.2, -0.15) is 0 Å². The Balaban J connectivity index is 2.42. The number of rotatable bonds is 3. The van der Waals surface area contributed by atoms with Gasteiger partial charge in [-0.05, 0) is 12.8 Å². The van der Waals surface area contributed by atoms with Crippen LogP contribution in [0, 0.1) is 5.41 Å². The van der Waals surface area contributed by atoms with E-state index in [4.69, 9.17) is 5.84 Å². The molecule has 1 aliphatic carbocycles. The van der Waals surface area contributed by atoms with Crippen molar-refractivity contribution in [1.82, 2.24) is 5.43 Å². The molecule has 66 valence electrons. The van der Waals surface area contributed by atoms with E-state index >= 15 is 0 Å². The van der Waals surface area contributed by atoms with Gasteiger partial charge in [-0.3, -0.25) is 11.3 Å². The molecule has 0 aromatic heterocycles. The third kappa shape index (κ3) is 2.15. The van der Waals surface area contributed by atoms with Crippen molar-refractivity contribution in [3.05, 3.63) is 0 Å². The Labute approximate surface area is 67.9 Å². The molecule has 0 bridgehead atoms. The van der Waals surface area contributed by atoms with Gasteiger partial charge in [0.25, 0.3) is 0 Å².